The topological polar surface area (TPSA) is 55.4 Å². The van der Waals surface area contributed by atoms with E-state index in [1.807, 2.05) is 13.8 Å². The molecule has 0 radical (unpaired) electrons. The molecule has 1 aromatic rings. The zero-order valence-corrected chi connectivity index (χ0v) is 12.7. The second-order valence-electron chi connectivity index (χ2n) is 4.74. The summed E-state index contributed by atoms with van der Waals surface area (Å²) in [4.78, 5) is 0.269. The van der Waals surface area contributed by atoms with Crippen molar-refractivity contribution in [3.8, 4) is 0 Å². The van der Waals surface area contributed by atoms with Gasteiger partial charge in [0.05, 0.1) is 16.5 Å². The van der Waals surface area contributed by atoms with Gasteiger partial charge in [0.1, 0.15) is 0 Å². The highest BCUT2D eigenvalue weighted by Gasteiger charge is 2.40. The number of hydrogen-bond donors (Lipinski definition) is 1. The van der Waals surface area contributed by atoms with Gasteiger partial charge in [-0.2, -0.15) is 0 Å². The van der Waals surface area contributed by atoms with Gasteiger partial charge in [-0.3, -0.25) is 0 Å². The Morgan fingerprint density at radius 2 is 2.00 bits per heavy atom. The summed E-state index contributed by atoms with van der Waals surface area (Å²) in [6, 6.07) is 6.59. The number of ether oxygens (including phenoxy) is 1. The maximum Gasteiger partial charge on any atom is 0.241 e. The molecule has 1 N–H and O–H groups in total. The monoisotopic (exact) mass is 333 g/mol. The van der Waals surface area contributed by atoms with Crippen molar-refractivity contribution >= 4 is 26.0 Å². The Kier molecular flexibility index (Phi) is 3.82. The summed E-state index contributed by atoms with van der Waals surface area (Å²) in [6.45, 7) is 4.35. The molecule has 0 spiro atoms. The number of hydrogen-bond acceptors (Lipinski definition) is 3. The highest BCUT2D eigenvalue weighted by atomic mass is 79.9. The summed E-state index contributed by atoms with van der Waals surface area (Å²) in [6.07, 6.45) is 0.562. The fourth-order valence-electron chi connectivity index (χ4n) is 1.95. The van der Waals surface area contributed by atoms with Crippen LogP contribution in [0.25, 0.3) is 0 Å². The van der Waals surface area contributed by atoms with Crippen LogP contribution < -0.4 is 4.72 Å². The van der Waals surface area contributed by atoms with Crippen LogP contribution in [-0.2, 0) is 14.8 Å². The Morgan fingerprint density at radius 3 is 2.50 bits per heavy atom. The van der Waals surface area contributed by atoms with Crippen LogP contribution >= 0.6 is 15.9 Å². The van der Waals surface area contributed by atoms with Gasteiger partial charge >= 0.3 is 0 Å². The van der Waals surface area contributed by atoms with E-state index < -0.39 is 15.6 Å². The lowest BCUT2D eigenvalue weighted by Crippen LogP contribution is -2.50. The van der Waals surface area contributed by atoms with Gasteiger partial charge in [-0.15, -0.1) is 0 Å². The molecule has 1 saturated heterocycles. The maximum absolute atomic E-state index is 12.3. The van der Waals surface area contributed by atoms with Gasteiger partial charge in [0, 0.05) is 11.1 Å². The van der Waals surface area contributed by atoms with Crippen molar-refractivity contribution in [1.29, 1.82) is 0 Å². The third kappa shape index (κ3) is 2.77. The second-order valence-corrected chi connectivity index (χ2v) is 7.34. The first-order chi connectivity index (χ1) is 8.33. The lowest BCUT2D eigenvalue weighted by molar-refractivity contribution is 0.0957. The average Bonchev–Trinajstić information content (AvgIpc) is 2.58. The molecule has 1 aliphatic rings. The minimum absolute atomic E-state index is 0.122. The molecule has 2 rings (SSSR count). The Bertz CT molecular complexity index is 529. The van der Waals surface area contributed by atoms with Gasteiger partial charge in [-0.05, 0) is 44.5 Å². The summed E-state index contributed by atoms with van der Waals surface area (Å²) >= 11 is 3.29. The maximum atomic E-state index is 12.3. The fourth-order valence-corrected chi connectivity index (χ4v) is 3.71. The number of rotatable bonds is 3. The van der Waals surface area contributed by atoms with Crippen LogP contribution in [0.2, 0.25) is 0 Å². The second kappa shape index (κ2) is 4.92. The Balaban J connectivity index is 2.25. The van der Waals surface area contributed by atoms with E-state index in [0.717, 1.165) is 4.47 Å². The molecule has 0 aliphatic carbocycles. The Hall–Kier alpha value is -0.430. The zero-order valence-electron chi connectivity index (χ0n) is 10.3. The van der Waals surface area contributed by atoms with Gasteiger partial charge in [0.2, 0.25) is 10.0 Å². The van der Waals surface area contributed by atoms with Crippen molar-refractivity contribution in [1.82, 2.24) is 4.72 Å². The molecular weight excluding hydrogens is 318 g/mol. The molecule has 1 fully saturated rings. The molecule has 0 amide bonds. The normalized spacial score (nSPS) is 28.5. The molecule has 18 heavy (non-hydrogen) atoms. The molecule has 0 saturated carbocycles. The third-order valence-electron chi connectivity index (χ3n) is 3.38. The molecule has 1 aliphatic heterocycles. The van der Waals surface area contributed by atoms with Crippen LogP contribution in [0.15, 0.2) is 33.6 Å². The molecule has 2 atom stereocenters. The molecule has 1 aromatic carbocycles. The Labute approximate surface area is 116 Å². The smallest absolute Gasteiger partial charge is 0.241 e. The molecule has 100 valence electrons. The molecule has 2 unspecified atom stereocenters. The minimum atomic E-state index is -3.50. The van der Waals surface area contributed by atoms with Crippen molar-refractivity contribution in [3.63, 3.8) is 0 Å². The molecule has 1 heterocycles. The first-order valence-electron chi connectivity index (χ1n) is 5.75. The van der Waals surface area contributed by atoms with Gasteiger partial charge < -0.3 is 4.74 Å². The fraction of sp³-hybridized carbons (Fsp3) is 0.500. The van der Waals surface area contributed by atoms with E-state index in [9.17, 15) is 8.42 Å². The van der Waals surface area contributed by atoms with Crippen LogP contribution in [0.4, 0.5) is 0 Å². The summed E-state index contributed by atoms with van der Waals surface area (Å²) in [7, 11) is -3.50. The van der Waals surface area contributed by atoms with Crippen molar-refractivity contribution in [3.05, 3.63) is 28.7 Å². The predicted octanol–water partition coefficient (Wildman–Crippen LogP) is 2.29. The molecule has 6 heteroatoms. The van der Waals surface area contributed by atoms with Gasteiger partial charge in [0.15, 0.2) is 0 Å². The summed E-state index contributed by atoms with van der Waals surface area (Å²) in [5.74, 6) is 0. The molecular formula is C12H16BrNO3S. The number of sulfonamides is 1. The van der Waals surface area contributed by atoms with Crippen molar-refractivity contribution in [2.75, 3.05) is 6.61 Å². The van der Waals surface area contributed by atoms with Gasteiger partial charge in [-0.1, -0.05) is 15.9 Å². The number of halogens is 1. The number of nitrogens with one attached hydrogen (secondary N) is 1. The molecule has 0 aromatic heterocycles. The van der Waals surface area contributed by atoms with E-state index in [4.69, 9.17) is 4.74 Å². The van der Waals surface area contributed by atoms with E-state index in [1.165, 1.54) is 0 Å². The van der Waals surface area contributed by atoms with Crippen LogP contribution in [0.1, 0.15) is 20.3 Å². The number of benzene rings is 1. The van der Waals surface area contributed by atoms with E-state index in [-0.39, 0.29) is 11.0 Å². The highest BCUT2D eigenvalue weighted by molar-refractivity contribution is 9.10. The van der Waals surface area contributed by atoms with Crippen LogP contribution in [0.5, 0.6) is 0 Å². The van der Waals surface area contributed by atoms with Gasteiger partial charge in [0.25, 0.3) is 0 Å². The van der Waals surface area contributed by atoms with Crippen molar-refractivity contribution < 1.29 is 13.2 Å². The lowest BCUT2D eigenvalue weighted by Gasteiger charge is -2.28. The first-order valence-corrected chi connectivity index (χ1v) is 8.02. The van der Waals surface area contributed by atoms with E-state index in [2.05, 4.69) is 20.7 Å². The van der Waals surface area contributed by atoms with E-state index in [1.54, 1.807) is 24.3 Å². The standard InChI is InChI=1S/C12H16BrNO3S/c1-9-12(2,7-8-17-9)14-18(15,16)11-5-3-10(13)4-6-11/h3-6,9,14H,7-8H2,1-2H3. The lowest BCUT2D eigenvalue weighted by atomic mass is 9.97. The largest absolute Gasteiger partial charge is 0.376 e. The first kappa shape index (κ1) is 14.0. The highest BCUT2D eigenvalue weighted by Crippen LogP contribution is 2.27. The predicted molar refractivity (Wildman–Crippen MR) is 72.9 cm³/mol. The van der Waals surface area contributed by atoms with Crippen molar-refractivity contribution in [2.45, 2.75) is 36.8 Å². The molecule has 4 nitrogen and oxygen atoms in total. The SMILES string of the molecule is CC1OCCC1(C)NS(=O)(=O)c1ccc(Br)cc1. The van der Waals surface area contributed by atoms with Gasteiger partial charge in [-0.25, -0.2) is 13.1 Å². The minimum Gasteiger partial charge on any atom is -0.376 e. The average molecular weight is 334 g/mol. The summed E-state index contributed by atoms with van der Waals surface area (Å²) in [5.41, 5.74) is -0.536. The third-order valence-corrected chi connectivity index (χ3v) is 5.53. The van der Waals surface area contributed by atoms with E-state index >= 15 is 0 Å². The van der Waals surface area contributed by atoms with Crippen LogP contribution in [-0.4, -0.2) is 26.7 Å². The van der Waals surface area contributed by atoms with Crippen LogP contribution in [0.3, 0.4) is 0 Å². The Morgan fingerprint density at radius 1 is 1.39 bits per heavy atom. The van der Waals surface area contributed by atoms with Crippen molar-refractivity contribution in [2.24, 2.45) is 0 Å². The van der Waals surface area contributed by atoms with E-state index in [0.29, 0.717) is 13.0 Å². The summed E-state index contributed by atoms with van der Waals surface area (Å²) < 4.78 is 33.6. The quantitative estimate of drug-likeness (QED) is 0.923. The summed E-state index contributed by atoms with van der Waals surface area (Å²) in [5, 5.41) is 0. The van der Waals surface area contributed by atoms with Crippen LogP contribution in [0, 0.1) is 0 Å². The zero-order chi connectivity index (χ0) is 13.4. The molecule has 0 bridgehead atoms.